The first-order valence-corrected chi connectivity index (χ1v) is 9.42. The van der Waals surface area contributed by atoms with Crippen LogP contribution in [0.25, 0.3) is 10.9 Å². The van der Waals surface area contributed by atoms with Gasteiger partial charge in [0.2, 0.25) is 5.91 Å². The van der Waals surface area contributed by atoms with Crippen LogP contribution in [0.1, 0.15) is 17.2 Å². The Balaban J connectivity index is 1.61. The number of nitrogens with zero attached hydrogens (tertiary/aromatic N) is 3. The number of aromatic nitrogens is 3. The summed E-state index contributed by atoms with van der Waals surface area (Å²) in [5, 5.41) is 11.9. The van der Waals surface area contributed by atoms with E-state index in [1.807, 2.05) is 42.5 Å². The molecule has 1 heterocycles. The van der Waals surface area contributed by atoms with Crippen molar-refractivity contribution in [3.63, 3.8) is 0 Å². The molecule has 0 bridgehead atoms. The summed E-state index contributed by atoms with van der Waals surface area (Å²) in [6.07, 6.45) is 0. The lowest BCUT2D eigenvalue weighted by Gasteiger charge is -2.20. The second-order valence-corrected chi connectivity index (χ2v) is 6.97. The lowest BCUT2D eigenvalue weighted by molar-refractivity contribution is -0.122. The van der Waals surface area contributed by atoms with E-state index < -0.39 is 0 Å². The van der Waals surface area contributed by atoms with Crippen LogP contribution in [0.3, 0.4) is 0 Å². The quantitative estimate of drug-likeness (QED) is 0.553. The summed E-state index contributed by atoms with van der Waals surface area (Å²) in [4.78, 5) is 25.4. The Morgan fingerprint density at radius 2 is 1.59 bits per heavy atom. The van der Waals surface area contributed by atoms with Gasteiger partial charge in [0.1, 0.15) is 12.1 Å². The van der Waals surface area contributed by atoms with E-state index in [2.05, 4.69) is 15.6 Å². The molecule has 0 spiro atoms. The van der Waals surface area contributed by atoms with Gasteiger partial charge < -0.3 is 5.32 Å². The molecule has 1 amide bonds. The topological polar surface area (TPSA) is 76.9 Å². The van der Waals surface area contributed by atoms with Gasteiger partial charge in [-0.1, -0.05) is 71.4 Å². The second kappa shape index (κ2) is 8.24. The molecular weight excluding hydrogens is 388 g/mol. The van der Waals surface area contributed by atoms with Gasteiger partial charge in [0.25, 0.3) is 5.56 Å². The molecule has 0 aliphatic heterocycles. The molecule has 0 aliphatic rings. The minimum absolute atomic E-state index is 0.229. The molecule has 4 rings (SSSR count). The highest BCUT2D eigenvalue weighted by molar-refractivity contribution is 6.30. The first-order valence-electron chi connectivity index (χ1n) is 9.04. The monoisotopic (exact) mass is 404 g/mol. The van der Waals surface area contributed by atoms with Gasteiger partial charge >= 0.3 is 0 Å². The normalized spacial score (nSPS) is 11.9. The van der Waals surface area contributed by atoms with Crippen LogP contribution in [-0.4, -0.2) is 20.9 Å². The van der Waals surface area contributed by atoms with Crippen LogP contribution in [0, 0.1) is 0 Å². The number of carbonyl (C=O) groups is 1. The molecule has 0 saturated heterocycles. The number of amides is 1. The number of benzene rings is 3. The van der Waals surface area contributed by atoms with E-state index >= 15 is 0 Å². The van der Waals surface area contributed by atoms with Crippen molar-refractivity contribution in [2.24, 2.45) is 0 Å². The third-order valence-electron chi connectivity index (χ3n) is 4.56. The van der Waals surface area contributed by atoms with Crippen LogP contribution in [-0.2, 0) is 11.3 Å². The standard InChI is InChI=1S/C22H17ClN4O2/c23-17-12-10-16(11-13-17)21(15-6-2-1-3-7-15)24-20(28)14-27-22(29)18-8-4-5-9-19(18)25-26-27/h1-13,21H,14H2,(H,24,28)/t21-/m1/s1. The van der Waals surface area contributed by atoms with E-state index in [9.17, 15) is 9.59 Å². The van der Waals surface area contributed by atoms with Crippen LogP contribution < -0.4 is 10.9 Å². The molecule has 29 heavy (non-hydrogen) atoms. The van der Waals surface area contributed by atoms with Crippen molar-refractivity contribution in [2.45, 2.75) is 12.6 Å². The molecule has 1 N–H and O–H groups in total. The molecule has 0 unspecified atom stereocenters. The fourth-order valence-corrected chi connectivity index (χ4v) is 3.26. The van der Waals surface area contributed by atoms with Gasteiger partial charge in [-0.3, -0.25) is 9.59 Å². The third kappa shape index (κ3) is 4.17. The molecule has 1 aromatic heterocycles. The van der Waals surface area contributed by atoms with Crippen molar-refractivity contribution >= 4 is 28.4 Å². The summed E-state index contributed by atoms with van der Waals surface area (Å²) in [7, 11) is 0. The molecule has 0 aliphatic carbocycles. The predicted molar refractivity (Wildman–Crippen MR) is 112 cm³/mol. The molecule has 0 radical (unpaired) electrons. The number of rotatable bonds is 5. The Kier molecular flexibility index (Phi) is 5.35. The van der Waals surface area contributed by atoms with Crippen LogP contribution in [0.15, 0.2) is 83.7 Å². The van der Waals surface area contributed by atoms with E-state index in [1.165, 1.54) is 0 Å². The lowest BCUT2D eigenvalue weighted by atomic mass is 9.99. The van der Waals surface area contributed by atoms with Gasteiger partial charge in [0.15, 0.2) is 0 Å². The Labute approximate surface area is 171 Å². The summed E-state index contributed by atoms with van der Waals surface area (Å²) < 4.78 is 1.07. The van der Waals surface area contributed by atoms with Crippen molar-refractivity contribution in [3.8, 4) is 0 Å². The van der Waals surface area contributed by atoms with Crippen LogP contribution in [0.5, 0.6) is 0 Å². The summed E-state index contributed by atoms with van der Waals surface area (Å²) in [5.74, 6) is -0.347. The number of halogens is 1. The Bertz CT molecular complexity index is 1210. The van der Waals surface area contributed by atoms with Gasteiger partial charge in [-0.2, -0.15) is 0 Å². The van der Waals surface area contributed by atoms with E-state index in [4.69, 9.17) is 11.6 Å². The fourth-order valence-electron chi connectivity index (χ4n) is 3.13. The molecule has 0 saturated carbocycles. The molecule has 4 aromatic rings. The van der Waals surface area contributed by atoms with Gasteiger partial charge in [0, 0.05) is 5.02 Å². The summed E-state index contributed by atoms with van der Waals surface area (Å²) in [6.45, 7) is -0.229. The van der Waals surface area contributed by atoms with E-state index in [0.717, 1.165) is 15.8 Å². The first-order chi connectivity index (χ1) is 14.1. The number of carbonyl (C=O) groups excluding carboxylic acids is 1. The largest absolute Gasteiger partial charge is 0.344 e. The minimum atomic E-state index is -0.384. The van der Waals surface area contributed by atoms with Crippen LogP contribution in [0.4, 0.5) is 0 Å². The Morgan fingerprint density at radius 3 is 2.34 bits per heavy atom. The van der Waals surface area contributed by atoms with Crippen molar-refractivity contribution < 1.29 is 4.79 Å². The highest BCUT2D eigenvalue weighted by Crippen LogP contribution is 2.23. The van der Waals surface area contributed by atoms with Crippen molar-refractivity contribution in [1.29, 1.82) is 0 Å². The van der Waals surface area contributed by atoms with Gasteiger partial charge in [-0.25, -0.2) is 4.68 Å². The maximum Gasteiger partial charge on any atom is 0.278 e. The Hall–Kier alpha value is -3.51. The van der Waals surface area contributed by atoms with E-state index in [0.29, 0.717) is 15.9 Å². The Morgan fingerprint density at radius 1 is 0.931 bits per heavy atom. The predicted octanol–water partition coefficient (Wildman–Crippen LogP) is 3.35. The zero-order chi connectivity index (χ0) is 20.2. The smallest absolute Gasteiger partial charge is 0.278 e. The molecule has 144 valence electrons. The van der Waals surface area contributed by atoms with Gasteiger partial charge in [-0.15, -0.1) is 5.10 Å². The fraction of sp³-hybridized carbons (Fsp3) is 0.0909. The van der Waals surface area contributed by atoms with Crippen LogP contribution >= 0.6 is 11.6 Å². The van der Waals surface area contributed by atoms with E-state index in [1.54, 1.807) is 36.4 Å². The zero-order valence-corrected chi connectivity index (χ0v) is 16.1. The molecule has 6 nitrogen and oxygen atoms in total. The number of fused-ring (bicyclic) bond motifs is 1. The molecule has 7 heteroatoms. The van der Waals surface area contributed by atoms with Gasteiger partial charge in [0.05, 0.1) is 11.4 Å². The summed E-state index contributed by atoms with van der Waals surface area (Å²) >= 11 is 6.00. The second-order valence-electron chi connectivity index (χ2n) is 6.53. The highest BCUT2D eigenvalue weighted by atomic mass is 35.5. The average molecular weight is 405 g/mol. The third-order valence-corrected chi connectivity index (χ3v) is 4.82. The first kappa shape index (κ1) is 18.8. The average Bonchev–Trinajstić information content (AvgIpc) is 2.76. The number of hydrogen-bond donors (Lipinski definition) is 1. The maximum atomic E-state index is 12.8. The van der Waals surface area contributed by atoms with Crippen molar-refractivity contribution in [3.05, 3.63) is 105 Å². The molecule has 0 fully saturated rings. The van der Waals surface area contributed by atoms with Crippen LogP contribution in [0.2, 0.25) is 5.02 Å². The summed E-state index contributed by atoms with van der Waals surface area (Å²) in [6, 6.07) is 23.4. The summed E-state index contributed by atoms with van der Waals surface area (Å²) in [5.41, 5.74) is 1.94. The molecular formula is C22H17ClN4O2. The SMILES string of the molecule is O=C(Cn1nnc2ccccc2c1=O)N[C@H](c1ccccc1)c1ccc(Cl)cc1. The molecule has 3 aromatic carbocycles. The maximum absolute atomic E-state index is 12.8. The van der Waals surface area contributed by atoms with Crippen molar-refractivity contribution in [2.75, 3.05) is 0 Å². The highest BCUT2D eigenvalue weighted by Gasteiger charge is 2.18. The zero-order valence-electron chi connectivity index (χ0n) is 15.3. The van der Waals surface area contributed by atoms with Crippen molar-refractivity contribution in [1.82, 2.24) is 20.3 Å². The lowest BCUT2D eigenvalue weighted by Crippen LogP contribution is -2.36. The molecule has 1 atom stereocenters. The number of hydrogen-bond acceptors (Lipinski definition) is 4. The van der Waals surface area contributed by atoms with E-state index in [-0.39, 0.29) is 24.1 Å². The number of nitrogens with one attached hydrogen (secondary N) is 1. The van der Waals surface area contributed by atoms with Gasteiger partial charge in [-0.05, 0) is 35.4 Å². The minimum Gasteiger partial charge on any atom is -0.344 e.